The summed E-state index contributed by atoms with van der Waals surface area (Å²) in [6, 6.07) is 0.259. The molecule has 5 heteroatoms. The largest absolute Gasteiger partial charge is 0.468 e. The van der Waals surface area contributed by atoms with Crippen LogP contribution in [0.3, 0.4) is 0 Å². The normalized spacial score (nSPS) is 36.5. The summed E-state index contributed by atoms with van der Waals surface area (Å²) in [5, 5.41) is 3.37. The lowest BCUT2D eigenvalue weighted by molar-refractivity contribution is -0.142. The van der Waals surface area contributed by atoms with Crippen LogP contribution in [0.4, 0.5) is 0 Å². The maximum Gasteiger partial charge on any atom is 0.323 e. The predicted molar refractivity (Wildman–Crippen MR) is 59.0 cm³/mol. The summed E-state index contributed by atoms with van der Waals surface area (Å²) >= 11 is 1.82. The molecule has 3 unspecified atom stereocenters. The molecule has 0 aromatic carbocycles. The highest BCUT2D eigenvalue weighted by atomic mass is 32.2. The molecule has 0 saturated carbocycles. The second-order valence-corrected chi connectivity index (χ2v) is 5.08. The Morgan fingerprint density at radius 1 is 1.53 bits per heavy atom. The van der Waals surface area contributed by atoms with Crippen LogP contribution >= 0.6 is 11.8 Å². The van der Waals surface area contributed by atoms with Crippen molar-refractivity contribution in [2.75, 3.05) is 31.8 Å². The molecule has 2 aliphatic rings. The topological polar surface area (TPSA) is 47.6 Å². The maximum absolute atomic E-state index is 11.4. The fourth-order valence-corrected chi connectivity index (χ4v) is 3.31. The van der Waals surface area contributed by atoms with Gasteiger partial charge in [0, 0.05) is 30.1 Å². The number of carbonyl (C=O) groups is 1. The van der Waals surface area contributed by atoms with Crippen molar-refractivity contribution in [2.45, 2.75) is 18.5 Å². The van der Waals surface area contributed by atoms with Crippen molar-refractivity contribution in [3.8, 4) is 0 Å². The van der Waals surface area contributed by atoms with Gasteiger partial charge < -0.3 is 9.47 Å². The van der Waals surface area contributed by atoms with E-state index in [1.165, 1.54) is 7.11 Å². The van der Waals surface area contributed by atoms with Crippen LogP contribution in [0.25, 0.3) is 0 Å². The average Bonchev–Trinajstić information content (AvgIpc) is 2.82. The minimum atomic E-state index is -0.147. The number of ether oxygens (including phenoxy) is 2. The lowest BCUT2D eigenvalue weighted by atomic mass is 9.99. The Kier molecular flexibility index (Phi) is 3.88. The third-order valence-electron chi connectivity index (χ3n) is 3.02. The molecular formula is C10H17NO3S. The molecule has 4 nitrogen and oxygen atoms in total. The molecule has 0 radical (unpaired) electrons. The van der Waals surface area contributed by atoms with Gasteiger partial charge in [-0.15, -0.1) is 0 Å². The van der Waals surface area contributed by atoms with Crippen molar-refractivity contribution in [2.24, 2.45) is 5.92 Å². The van der Waals surface area contributed by atoms with Crippen molar-refractivity contribution >= 4 is 17.7 Å². The molecule has 0 aromatic rings. The molecule has 0 bridgehead atoms. The Morgan fingerprint density at radius 3 is 3.07 bits per heavy atom. The van der Waals surface area contributed by atoms with E-state index in [2.05, 4.69) is 5.32 Å². The third-order valence-corrected chi connectivity index (χ3v) is 4.18. The van der Waals surface area contributed by atoms with E-state index in [9.17, 15) is 4.79 Å². The van der Waals surface area contributed by atoms with Gasteiger partial charge in [-0.25, -0.2) is 0 Å². The molecule has 2 fully saturated rings. The maximum atomic E-state index is 11.4. The fraction of sp³-hybridized carbons (Fsp3) is 0.900. The van der Waals surface area contributed by atoms with Crippen LogP contribution in [0.2, 0.25) is 0 Å². The number of esters is 1. The van der Waals surface area contributed by atoms with Crippen LogP contribution in [-0.4, -0.2) is 49.9 Å². The number of methoxy groups -OCH3 is 1. The summed E-state index contributed by atoms with van der Waals surface area (Å²) in [6.07, 6.45) is 1.10. The van der Waals surface area contributed by atoms with Crippen LogP contribution in [0.5, 0.6) is 0 Å². The van der Waals surface area contributed by atoms with Crippen LogP contribution in [0.1, 0.15) is 6.42 Å². The molecule has 86 valence electrons. The quantitative estimate of drug-likeness (QED) is 0.691. The van der Waals surface area contributed by atoms with Gasteiger partial charge in [-0.3, -0.25) is 10.1 Å². The first kappa shape index (κ1) is 11.2. The van der Waals surface area contributed by atoms with E-state index in [-0.39, 0.29) is 12.0 Å². The molecule has 0 aromatic heterocycles. The minimum Gasteiger partial charge on any atom is -0.468 e. The van der Waals surface area contributed by atoms with E-state index >= 15 is 0 Å². The van der Waals surface area contributed by atoms with Crippen LogP contribution in [0, 0.1) is 5.92 Å². The number of rotatable bonds is 2. The molecule has 2 rings (SSSR count). The van der Waals surface area contributed by atoms with Crippen molar-refractivity contribution in [3.05, 3.63) is 0 Å². The number of carbonyl (C=O) groups excluding carboxylic acids is 1. The Bertz CT molecular complexity index is 231. The second kappa shape index (κ2) is 5.18. The summed E-state index contributed by atoms with van der Waals surface area (Å²) in [7, 11) is 1.44. The molecule has 15 heavy (non-hydrogen) atoms. The molecule has 2 heterocycles. The zero-order chi connectivity index (χ0) is 10.7. The number of thioether (sulfide) groups is 1. The van der Waals surface area contributed by atoms with E-state index in [1.807, 2.05) is 11.8 Å². The number of hydrogen-bond donors (Lipinski definition) is 1. The smallest absolute Gasteiger partial charge is 0.323 e. The lowest BCUT2D eigenvalue weighted by Crippen LogP contribution is -2.53. The zero-order valence-electron chi connectivity index (χ0n) is 8.90. The highest BCUT2D eigenvalue weighted by molar-refractivity contribution is 7.99. The van der Waals surface area contributed by atoms with Crippen LogP contribution in [-0.2, 0) is 14.3 Å². The molecule has 0 aliphatic carbocycles. The van der Waals surface area contributed by atoms with Gasteiger partial charge in [-0.2, -0.15) is 11.8 Å². The Balaban J connectivity index is 1.88. The van der Waals surface area contributed by atoms with Crippen molar-refractivity contribution in [3.63, 3.8) is 0 Å². The minimum absolute atomic E-state index is 0.139. The summed E-state index contributed by atoms with van der Waals surface area (Å²) < 4.78 is 10.1. The van der Waals surface area contributed by atoms with Gasteiger partial charge in [-0.1, -0.05) is 0 Å². The fourth-order valence-electron chi connectivity index (χ4n) is 2.09. The van der Waals surface area contributed by atoms with Crippen LogP contribution in [0.15, 0.2) is 0 Å². The second-order valence-electron chi connectivity index (χ2n) is 4.01. The lowest BCUT2D eigenvalue weighted by Gasteiger charge is -2.32. The first-order valence-corrected chi connectivity index (χ1v) is 6.46. The molecular weight excluding hydrogens is 214 g/mol. The Labute approximate surface area is 94.1 Å². The molecule has 2 saturated heterocycles. The first-order valence-electron chi connectivity index (χ1n) is 5.30. The van der Waals surface area contributed by atoms with Gasteiger partial charge >= 0.3 is 5.97 Å². The van der Waals surface area contributed by atoms with E-state index < -0.39 is 0 Å². The van der Waals surface area contributed by atoms with Crippen LogP contribution < -0.4 is 5.32 Å². The van der Waals surface area contributed by atoms with Gasteiger partial charge in [-0.05, 0) is 6.42 Å². The summed E-state index contributed by atoms with van der Waals surface area (Å²) in [5.74, 6) is 2.30. The predicted octanol–water partition coefficient (Wildman–Crippen LogP) is 0.269. The van der Waals surface area contributed by atoms with Gasteiger partial charge in [0.25, 0.3) is 0 Å². The monoisotopic (exact) mass is 231 g/mol. The van der Waals surface area contributed by atoms with Gasteiger partial charge in [0.05, 0.1) is 13.7 Å². The average molecular weight is 231 g/mol. The van der Waals surface area contributed by atoms with Crippen molar-refractivity contribution in [1.82, 2.24) is 5.32 Å². The molecule has 1 N–H and O–H groups in total. The van der Waals surface area contributed by atoms with Crippen molar-refractivity contribution in [1.29, 1.82) is 0 Å². The highest BCUT2D eigenvalue weighted by Gasteiger charge is 2.33. The van der Waals surface area contributed by atoms with E-state index in [0.29, 0.717) is 12.0 Å². The van der Waals surface area contributed by atoms with Crippen molar-refractivity contribution < 1.29 is 14.3 Å². The molecule has 2 aliphatic heterocycles. The molecule has 3 atom stereocenters. The number of hydrogen-bond acceptors (Lipinski definition) is 5. The first-order chi connectivity index (χ1) is 7.31. The Morgan fingerprint density at radius 2 is 2.40 bits per heavy atom. The standard InChI is InChI=1S/C10H17NO3S/c1-13-10(12)9-6-15-5-8(11-9)7-2-3-14-4-7/h7-9,11H,2-6H2,1H3. The number of nitrogens with one attached hydrogen (secondary N) is 1. The highest BCUT2D eigenvalue weighted by Crippen LogP contribution is 2.24. The summed E-state index contributed by atoms with van der Waals surface area (Å²) in [4.78, 5) is 11.4. The third kappa shape index (κ3) is 2.65. The molecule has 0 amide bonds. The van der Waals surface area contributed by atoms with Gasteiger partial charge in [0.15, 0.2) is 0 Å². The Hall–Kier alpha value is -0.260. The summed E-state index contributed by atoms with van der Waals surface area (Å²) in [5.41, 5.74) is 0. The van der Waals surface area contributed by atoms with Gasteiger partial charge in [0.1, 0.15) is 6.04 Å². The summed E-state index contributed by atoms with van der Waals surface area (Å²) in [6.45, 7) is 1.68. The molecule has 0 spiro atoms. The SMILES string of the molecule is COC(=O)C1CSCC(C2CCOC2)N1. The van der Waals surface area contributed by atoms with E-state index in [0.717, 1.165) is 31.1 Å². The van der Waals surface area contributed by atoms with E-state index in [1.54, 1.807) is 0 Å². The van der Waals surface area contributed by atoms with E-state index in [4.69, 9.17) is 9.47 Å². The van der Waals surface area contributed by atoms with Gasteiger partial charge in [0.2, 0.25) is 0 Å². The zero-order valence-corrected chi connectivity index (χ0v) is 9.72.